The Morgan fingerprint density at radius 2 is 2.04 bits per heavy atom. The van der Waals surface area contributed by atoms with Crippen LogP contribution in [0.3, 0.4) is 0 Å². The van der Waals surface area contributed by atoms with Crippen molar-refractivity contribution in [3.8, 4) is 5.75 Å². The van der Waals surface area contributed by atoms with Crippen LogP contribution in [0.15, 0.2) is 24.3 Å². The number of hydrogen-bond acceptors (Lipinski definition) is 5. The normalized spacial score (nSPS) is 17.2. The molecule has 0 saturated carbocycles. The molecule has 1 aliphatic heterocycles. The summed E-state index contributed by atoms with van der Waals surface area (Å²) in [5, 5.41) is 2.78. The zero-order valence-electron chi connectivity index (χ0n) is 13.9. The first-order chi connectivity index (χ1) is 11.5. The molecule has 1 fully saturated rings. The standard InChI is InChI=1S/C17H22N2O3S2/c1-3-14-16(21)19(17(23)24-14)11-5-6-15(20)18-12-7-9-13(10-8-12)22-4-2/h7-10,14H,3-6,11H2,1-2H3,(H,18,20). The Hall–Kier alpha value is -1.60. The van der Waals surface area contributed by atoms with Crippen LogP contribution in [0.1, 0.15) is 33.1 Å². The molecule has 5 nitrogen and oxygen atoms in total. The monoisotopic (exact) mass is 366 g/mol. The van der Waals surface area contributed by atoms with E-state index >= 15 is 0 Å². The van der Waals surface area contributed by atoms with Crippen molar-refractivity contribution in [3.05, 3.63) is 24.3 Å². The third kappa shape index (κ3) is 4.95. The molecular formula is C17H22N2O3S2. The second-order valence-corrected chi connectivity index (χ2v) is 7.22. The van der Waals surface area contributed by atoms with Gasteiger partial charge >= 0.3 is 0 Å². The highest BCUT2D eigenvalue weighted by Gasteiger charge is 2.35. The average molecular weight is 367 g/mol. The lowest BCUT2D eigenvalue weighted by Crippen LogP contribution is -2.32. The maximum Gasteiger partial charge on any atom is 0.241 e. The van der Waals surface area contributed by atoms with E-state index in [2.05, 4.69) is 5.32 Å². The Morgan fingerprint density at radius 1 is 1.33 bits per heavy atom. The van der Waals surface area contributed by atoms with Crippen molar-refractivity contribution in [3.63, 3.8) is 0 Å². The van der Waals surface area contributed by atoms with E-state index in [4.69, 9.17) is 17.0 Å². The smallest absolute Gasteiger partial charge is 0.241 e. The van der Waals surface area contributed by atoms with Crippen molar-refractivity contribution in [2.75, 3.05) is 18.5 Å². The molecule has 1 aromatic rings. The number of carbonyl (C=O) groups excluding carboxylic acids is 2. The van der Waals surface area contributed by atoms with E-state index in [1.54, 1.807) is 4.90 Å². The molecule has 1 aliphatic rings. The molecule has 2 amide bonds. The van der Waals surface area contributed by atoms with E-state index in [1.165, 1.54) is 11.8 Å². The summed E-state index contributed by atoms with van der Waals surface area (Å²) in [6, 6.07) is 7.26. The lowest BCUT2D eigenvalue weighted by molar-refractivity contribution is -0.126. The molecule has 0 aliphatic carbocycles. The Morgan fingerprint density at radius 3 is 2.62 bits per heavy atom. The molecule has 0 bridgehead atoms. The third-order valence-electron chi connectivity index (χ3n) is 3.61. The number of thiocarbonyl (C=S) groups is 1. The molecule has 1 aromatic carbocycles. The molecular weight excluding hydrogens is 344 g/mol. The fourth-order valence-corrected chi connectivity index (χ4v) is 3.86. The zero-order chi connectivity index (χ0) is 17.5. The predicted octanol–water partition coefficient (Wildman–Crippen LogP) is 3.44. The first kappa shape index (κ1) is 18.7. The lowest BCUT2D eigenvalue weighted by atomic mass is 10.2. The minimum atomic E-state index is -0.0728. The Bertz CT molecular complexity index is 604. The minimum Gasteiger partial charge on any atom is -0.494 e. The van der Waals surface area contributed by atoms with Gasteiger partial charge in [-0.25, -0.2) is 0 Å². The van der Waals surface area contributed by atoms with Crippen LogP contribution < -0.4 is 10.1 Å². The van der Waals surface area contributed by atoms with Gasteiger partial charge in [-0.1, -0.05) is 30.9 Å². The van der Waals surface area contributed by atoms with E-state index in [9.17, 15) is 9.59 Å². The first-order valence-corrected chi connectivity index (χ1v) is 9.38. The number of carbonyl (C=O) groups is 2. The summed E-state index contributed by atoms with van der Waals surface area (Å²) in [6.45, 7) is 5.01. The highest BCUT2D eigenvalue weighted by molar-refractivity contribution is 8.24. The lowest BCUT2D eigenvalue weighted by Gasteiger charge is -2.15. The molecule has 1 saturated heterocycles. The number of nitrogens with zero attached hydrogens (tertiary/aromatic N) is 1. The SMILES string of the molecule is CCOc1ccc(NC(=O)CCCN2C(=O)C(CC)SC2=S)cc1. The Labute approximate surface area is 152 Å². The molecule has 7 heteroatoms. The third-order valence-corrected chi connectivity index (χ3v) is 5.36. The van der Waals surface area contributed by atoms with Crippen molar-refractivity contribution in [1.82, 2.24) is 4.90 Å². The minimum absolute atomic E-state index is 0.0600. The largest absolute Gasteiger partial charge is 0.494 e. The van der Waals surface area contributed by atoms with E-state index < -0.39 is 0 Å². The number of benzene rings is 1. The highest BCUT2D eigenvalue weighted by atomic mass is 32.2. The predicted molar refractivity (Wildman–Crippen MR) is 101 cm³/mol. The maximum atomic E-state index is 12.1. The molecule has 2 rings (SSSR count). The molecule has 0 radical (unpaired) electrons. The summed E-state index contributed by atoms with van der Waals surface area (Å²) < 4.78 is 5.99. The molecule has 24 heavy (non-hydrogen) atoms. The number of ether oxygens (including phenoxy) is 1. The first-order valence-electron chi connectivity index (χ1n) is 8.09. The second-order valence-electron chi connectivity index (χ2n) is 5.38. The van der Waals surface area contributed by atoms with Gasteiger partial charge in [-0.15, -0.1) is 0 Å². The van der Waals surface area contributed by atoms with Gasteiger partial charge in [0.15, 0.2) is 0 Å². The van der Waals surface area contributed by atoms with Crippen LogP contribution in [0.25, 0.3) is 0 Å². The summed E-state index contributed by atoms with van der Waals surface area (Å²) in [7, 11) is 0. The number of hydrogen-bond donors (Lipinski definition) is 1. The van der Waals surface area contributed by atoms with Crippen LogP contribution in [0.5, 0.6) is 5.75 Å². The second kappa shape index (κ2) is 9.03. The number of rotatable bonds is 8. The van der Waals surface area contributed by atoms with E-state index in [-0.39, 0.29) is 17.1 Å². The van der Waals surface area contributed by atoms with Crippen LogP contribution in [0, 0.1) is 0 Å². The summed E-state index contributed by atoms with van der Waals surface area (Å²) >= 11 is 6.68. The van der Waals surface area contributed by atoms with Crippen molar-refractivity contribution >= 4 is 45.8 Å². The van der Waals surface area contributed by atoms with Gasteiger partial charge < -0.3 is 10.1 Å². The van der Waals surface area contributed by atoms with E-state index in [0.717, 1.165) is 17.9 Å². The number of nitrogens with one attached hydrogen (secondary N) is 1. The molecule has 1 unspecified atom stereocenters. The number of anilines is 1. The summed E-state index contributed by atoms with van der Waals surface area (Å²) in [5.41, 5.74) is 0.734. The van der Waals surface area contributed by atoms with E-state index in [1.807, 2.05) is 38.1 Å². The van der Waals surface area contributed by atoms with Crippen molar-refractivity contribution < 1.29 is 14.3 Å². The summed E-state index contributed by atoms with van der Waals surface area (Å²) in [5.74, 6) is 0.773. The van der Waals surface area contributed by atoms with Gasteiger partial charge in [-0.2, -0.15) is 0 Å². The molecule has 0 spiro atoms. The highest BCUT2D eigenvalue weighted by Crippen LogP contribution is 2.29. The Balaban J connectivity index is 1.75. The van der Waals surface area contributed by atoms with Gasteiger partial charge in [0.05, 0.1) is 11.9 Å². The quantitative estimate of drug-likeness (QED) is 0.714. The zero-order valence-corrected chi connectivity index (χ0v) is 15.5. The Kier molecular flexibility index (Phi) is 7.05. The molecule has 1 N–H and O–H groups in total. The van der Waals surface area contributed by atoms with Crippen LogP contribution in [0.4, 0.5) is 5.69 Å². The van der Waals surface area contributed by atoms with Crippen LogP contribution in [0.2, 0.25) is 0 Å². The van der Waals surface area contributed by atoms with Crippen molar-refractivity contribution in [2.45, 2.75) is 38.4 Å². The van der Waals surface area contributed by atoms with Gasteiger partial charge in [0.1, 0.15) is 10.1 Å². The van der Waals surface area contributed by atoms with Crippen LogP contribution in [-0.2, 0) is 9.59 Å². The average Bonchev–Trinajstić information content (AvgIpc) is 2.84. The van der Waals surface area contributed by atoms with Gasteiger partial charge in [0.2, 0.25) is 11.8 Å². The fraction of sp³-hybridized carbons (Fsp3) is 0.471. The van der Waals surface area contributed by atoms with Gasteiger partial charge in [0.25, 0.3) is 0 Å². The van der Waals surface area contributed by atoms with Gasteiger partial charge in [0, 0.05) is 18.7 Å². The topological polar surface area (TPSA) is 58.6 Å². The van der Waals surface area contributed by atoms with Crippen LogP contribution in [-0.4, -0.2) is 39.4 Å². The number of thioether (sulfide) groups is 1. The summed E-state index contributed by atoms with van der Waals surface area (Å²) in [4.78, 5) is 25.7. The molecule has 1 heterocycles. The molecule has 130 valence electrons. The maximum absolute atomic E-state index is 12.1. The fourth-order valence-electron chi connectivity index (χ4n) is 2.38. The van der Waals surface area contributed by atoms with Crippen molar-refractivity contribution in [2.24, 2.45) is 0 Å². The van der Waals surface area contributed by atoms with E-state index in [0.29, 0.717) is 30.3 Å². The van der Waals surface area contributed by atoms with Crippen LogP contribution >= 0.6 is 24.0 Å². The van der Waals surface area contributed by atoms with Gasteiger partial charge in [-0.3, -0.25) is 14.5 Å². The molecule has 1 atom stereocenters. The summed E-state index contributed by atoms with van der Waals surface area (Å²) in [6.07, 6.45) is 1.71. The molecule has 0 aromatic heterocycles. The van der Waals surface area contributed by atoms with Gasteiger partial charge in [-0.05, 0) is 44.0 Å². The van der Waals surface area contributed by atoms with Crippen molar-refractivity contribution in [1.29, 1.82) is 0 Å². The number of amides is 2.